The molecule has 2 aliphatic rings. The van der Waals surface area contributed by atoms with Crippen LogP contribution >= 0.6 is 0 Å². The van der Waals surface area contributed by atoms with Crippen molar-refractivity contribution in [3.05, 3.63) is 0 Å². The van der Waals surface area contributed by atoms with E-state index in [0.717, 1.165) is 25.7 Å². The van der Waals surface area contributed by atoms with E-state index in [4.69, 9.17) is 10.5 Å². The fraction of sp³-hybridized carbons (Fsp3) is 0.938. The summed E-state index contributed by atoms with van der Waals surface area (Å²) >= 11 is 0. The summed E-state index contributed by atoms with van der Waals surface area (Å²) in [6, 6.07) is 0. The van der Waals surface area contributed by atoms with Crippen molar-refractivity contribution < 1.29 is 14.6 Å². The molecule has 1 amide bonds. The maximum Gasteiger partial charge on any atom is 0.408 e. The second kappa shape index (κ2) is 5.76. The van der Waals surface area contributed by atoms with Gasteiger partial charge in [-0.05, 0) is 46.5 Å². The molecule has 4 N–H and O–H groups in total. The number of carbonyl (C=O) groups excluding carboxylic acids is 1. The number of aliphatic hydroxyl groups excluding tert-OH is 1. The number of amides is 1. The van der Waals surface area contributed by atoms with Crippen LogP contribution in [0.4, 0.5) is 4.79 Å². The van der Waals surface area contributed by atoms with E-state index in [1.165, 1.54) is 6.42 Å². The van der Waals surface area contributed by atoms with Crippen molar-refractivity contribution in [1.82, 2.24) is 5.32 Å². The second-order valence-electron chi connectivity index (χ2n) is 7.82. The van der Waals surface area contributed by atoms with Gasteiger partial charge in [-0.2, -0.15) is 0 Å². The molecule has 2 rings (SSSR count). The Bertz CT molecular complexity index is 377. The Balaban J connectivity index is 2.16. The molecular weight excluding hydrogens is 268 g/mol. The van der Waals surface area contributed by atoms with Crippen molar-refractivity contribution >= 4 is 6.09 Å². The zero-order chi connectivity index (χ0) is 15.7. The molecule has 2 saturated carbocycles. The van der Waals surface area contributed by atoms with Crippen LogP contribution in [0, 0.1) is 5.41 Å². The maximum atomic E-state index is 12.3. The predicted octanol–water partition coefficient (Wildman–Crippen LogP) is 2.31. The highest BCUT2D eigenvalue weighted by molar-refractivity contribution is 5.69. The summed E-state index contributed by atoms with van der Waals surface area (Å²) in [6.45, 7) is 6.10. The molecule has 0 aliphatic heterocycles. The molecule has 5 heteroatoms. The molecule has 122 valence electrons. The molecule has 0 aromatic heterocycles. The van der Waals surface area contributed by atoms with Crippen LogP contribution in [0.3, 0.4) is 0 Å². The van der Waals surface area contributed by atoms with Gasteiger partial charge in [0.1, 0.15) is 5.60 Å². The SMILES string of the molecule is CC(C)(C)OC(=O)NC1(C2(CN)CC(O)C2)CCCCC1. The smallest absolute Gasteiger partial charge is 0.408 e. The van der Waals surface area contributed by atoms with E-state index >= 15 is 0 Å². The average Bonchev–Trinajstić information content (AvgIpc) is 2.33. The van der Waals surface area contributed by atoms with Gasteiger partial charge in [0.15, 0.2) is 0 Å². The normalized spacial score (nSPS) is 32.1. The fourth-order valence-corrected chi connectivity index (χ4v) is 4.04. The number of nitrogens with one attached hydrogen (secondary N) is 1. The minimum atomic E-state index is -0.505. The van der Waals surface area contributed by atoms with Crippen LogP contribution in [0.15, 0.2) is 0 Å². The third kappa shape index (κ3) is 3.34. The first-order chi connectivity index (χ1) is 9.72. The number of alkyl carbamates (subject to hydrolysis) is 1. The molecule has 0 atom stereocenters. The molecule has 2 aliphatic carbocycles. The van der Waals surface area contributed by atoms with Crippen LogP contribution < -0.4 is 11.1 Å². The molecule has 0 radical (unpaired) electrons. The van der Waals surface area contributed by atoms with Crippen LogP contribution in [0.1, 0.15) is 65.7 Å². The first kappa shape index (κ1) is 16.6. The minimum Gasteiger partial charge on any atom is -0.444 e. The molecule has 0 aromatic rings. The van der Waals surface area contributed by atoms with Crippen molar-refractivity contribution in [2.45, 2.75) is 83.0 Å². The molecule has 0 unspecified atom stereocenters. The van der Waals surface area contributed by atoms with E-state index in [2.05, 4.69) is 5.32 Å². The quantitative estimate of drug-likeness (QED) is 0.746. The highest BCUT2D eigenvalue weighted by atomic mass is 16.6. The highest BCUT2D eigenvalue weighted by Crippen LogP contribution is 2.54. The lowest BCUT2D eigenvalue weighted by Gasteiger charge is -2.59. The van der Waals surface area contributed by atoms with Gasteiger partial charge in [0.05, 0.1) is 11.6 Å². The minimum absolute atomic E-state index is 0.177. The van der Waals surface area contributed by atoms with Crippen LogP contribution in [-0.4, -0.2) is 35.0 Å². The van der Waals surface area contributed by atoms with Crippen LogP contribution in [0.2, 0.25) is 0 Å². The van der Waals surface area contributed by atoms with Gasteiger partial charge in [0, 0.05) is 12.0 Å². The van der Waals surface area contributed by atoms with Gasteiger partial charge < -0.3 is 20.9 Å². The topological polar surface area (TPSA) is 84.6 Å². The van der Waals surface area contributed by atoms with Gasteiger partial charge >= 0.3 is 6.09 Å². The number of carbonyl (C=O) groups is 1. The van der Waals surface area contributed by atoms with E-state index in [-0.39, 0.29) is 23.2 Å². The van der Waals surface area contributed by atoms with E-state index < -0.39 is 5.60 Å². The van der Waals surface area contributed by atoms with Crippen LogP contribution in [-0.2, 0) is 4.74 Å². The summed E-state index contributed by atoms with van der Waals surface area (Å²) in [5.74, 6) is 0. The third-order valence-electron chi connectivity index (χ3n) is 5.11. The number of ether oxygens (including phenoxy) is 1. The van der Waals surface area contributed by atoms with Gasteiger partial charge in [0.25, 0.3) is 0 Å². The van der Waals surface area contributed by atoms with Crippen LogP contribution in [0.25, 0.3) is 0 Å². The summed E-state index contributed by atoms with van der Waals surface area (Å²) in [4.78, 5) is 12.3. The van der Waals surface area contributed by atoms with Crippen molar-refractivity contribution in [3.63, 3.8) is 0 Å². The Morgan fingerprint density at radius 2 is 1.86 bits per heavy atom. The number of nitrogens with two attached hydrogens (primary N) is 1. The monoisotopic (exact) mass is 298 g/mol. The Hall–Kier alpha value is -0.810. The van der Waals surface area contributed by atoms with Crippen molar-refractivity contribution in [1.29, 1.82) is 0 Å². The molecule has 0 aromatic carbocycles. The zero-order valence-electron chi connectivity index (χ0n) is 13.6. The molecule has 5 nitrogen and oxygen atoms in total. The maximum absolute atomic E-state index is 12.3. The fourth-order valence-electron chi connectivity index (χ4n) is 4.04. The molecule has 2 fully saturated rings. The summed E-state index contributed by atoms with van der Waals surface area (Å²) in [6.07, 6.45) is 5.94. The number of hydrogen-bond acceptors (Lipinski definition) is 4. The first-order valence-corrected chi connectivity index (χ1v) is 8.11. The van der Waals surface area contributed by atoms with E-state index in [9.17, 15) is 9.90 Å². The van der Waals surface area contributed by atoms with Gasteiger partial charge in [-0.15, -0.1) is 0 Å². The highest BCUT2D eigenvalue weighted by Gasteiger charge is 2.58. The molecule has 0 saturated heterocycles. The lowest BCUT2D eigenvalue weighted by Crippen LogP contribution is -2.69. The largest absolute Gasteiger partial charge is 0.444 e. The van der Waals surface area contributed by atoms with Crippen molar-refractivity contribution in [2.24, 2.45) is 11.1 Å². The molecular formula is C16H30N2O3. The predicted molar refractivity (Wildman–Crippen MR) is 81.9 cm³/mol. The molecule has 0 bridgehead atoms. The summed E-state index contributed by atoms with van der Waals surface area (Å²) in [5.41, 5.74) is 5.05. The van der Waals surface area contributed by atoms with Gasteiger partial charge in [-0.3, -0.25) is 0 Å². The summed E-state index contributed by atoms with van der Waals surface area (Å²) in [7, 11) is 0. The van der Waals surface area contributed by atoms with Crippen molar-refractivity contribution in [3.8, 4) is 0 Å². The van der Waals surface area contributed by atoms with Gasteiger partial charge in [-0.1, -0.05) is 19.3 Å². The molecule has 21 heavy (non-hydrogen) atoms. The lowest BCUT2D eigenvalue weighted by atomic mass is 9.52. The van der Waals surface area contributed by atoms with Gasteiger partial charge in [-0.25, -0.2) is 4.79 Å². The Kier molecular flexibility index (Phi) is 4.54. The lowest BCUT2D eigenvalue weighted by molar-refractivity contribution is -0.100. The first-order valence-electron chi connectivity index (χ1n) is 8.11. The van der Waals surface area contributed by atoms with E-state index in [1.807, 2.05) is 20.8 Å². The standard InChI is InChI=1S/C16H30N2O3/c1-14(2,3)21-13(20)18-16(7-5-4-6-8-16)15(11-17)9-12(19)10-15/h12,19H,4-11,17H2,1-3H3,(H,18,20). The Morgan fingerprint density at radius 3 is 2.29 bits per heavy atom. The zero-order valence-corrected chi connectivity index (χ0v) is 13.6. The number of hydrogen-bond donors (Lipinski definition) is 3. The van der Waals surface area contributed by atoms with Crippen LogP contribution in [0.5, 0.6) is 0 Å². The second-order valence-corrected chi connectivity index (χ2v) is 7.82. The Labute approximate surface area is 127 Å². The van der Waals surface area contributed by atoms with E-state index in [0.29, 0.717) is 19.4 Å². The number of rotatable bonds is 3. The Morgan fingerprint density at radius 1 is 1.29 bits per heavy atom. The number of aliphatic hydroxyl groups is 1. The summed E-state index contributed by atoms with van der Waals surface area (Å²) in [5, 5.41) is 12.9. The van der Waals surface area contributed by atoms with E-state index in [1.54, 1.807) is 0 Å². The van der Waals surface area contributed by atoms with Crippen molar-refractivity contribution in [2.75, 3.05) is 6.54 Å². The third-order valence-corrected chi connectivity index (χ3v) is 5.11. The summed E-state index contributed by atoms with van der Waals surface area (Å²) < 4.78 is 5.45. The average molecular weight is 298 g/mol. The van der Waals surface area contributed by atoms with Gasteiger partial charge in [0.2, 0.25) is 0 Å². The molecule has 0 heterocycles. The molecule has 0 spiro atoms.